The smallest absolute Gasteiger partial charge is 0.183 e. The Balaban J connectivity index is 1.98. The van der Waals surface area contributed by atoms with Gasteiger partial charge in [0, 0.05) is 12.5 Å². The lowest BCUT2D eigenvalue weighted by Crippen LogP contribution is -2.25. The molecule has 0 aliphatic heterocycles. The molecule has 0 spiro atoms. The molecule has 0 aromatic heterocycles. The number of aliphatic hydroxyl groups is 2. The predicted molar refractivity (Wildman–Crippen MR) is 81.6 cm³/mol. The third-order valence-corrected chi connectivity index (χ3v) is 4.59. The zero-order chi connectivity index (χ0) is 14.3. The summed E-state index contributed by atoms with van der Waals surface area (Å²) >= 11 is 0. The van der Waals surface area contributed by atoms with E-state index in [1.54, 1.807) is 0 Å². The molecule has 112 valence electrons. The van der Waals surface area contributed by atoms with Crippen LogP contribution in [0.4, 0.5) is 0 Å². The van der Waals surface area contributed by atoms with Gasteiger partial charge < -0.3 is 14.6 Å². The van der Waals surface area contributed by atoms with Crippen molar-refractivity contribution in [3.05, 3.63) is 12.2 Å². The summed E-state index contributed by atoms with van der Waals surface area (Å²) < 4.78 is 5.79. The van der Waals surface area contributed by atoms with Crippen LogP contribution in [-0.4, -0.2) is 37.3 Å². The number of unbranched alkanes of at least 4 members (excludes halogenated alkanes) is 2. The molecule has 19 heavy (non-hydrogen) atoms. The second-order valence-electron chi connectivity index (χ2n) is 6.59. The lowest BCUT2D eigenvalue weighted by molar-refractivity contribution is 0.0845. The fraction of sp³-hybridized carbons (Fsp3) is 0.867. The Morgan fingerprint density at radius 2 is 2.00 bits per heavy atom. The van der Waals surface area contributed by atoms with Gasteiger partial charge in [-0.15, -0.1) is 0 Å². The summed E-state index contributed by atoms with van der Waals surface area (Å²) in [6.07, 6.45) is 9.01. The van der Waals surface area contributed by atoms with E-state index in [9.17, 15) is 10.2 Å². The van der Waals surface area contributed by atoms with Crippen LogP contribution in [0.3, 0.4) is 0 Å². The monoisotopic (exact) mass is 286 g/mol. The van der Waals surface area contributed by atoms with Crippen molar-refractivity contribution in [1.82, 2.24) is 0 Å². The van der Waals surface area contributed by atoms with E-state index in [1.807, 2.05) is 12.2 Å². The fourth-order valence-electron chi connectivity index (χ4n) is 2.40. The van der Waals surface area contributed by atoms with E-state index in [-0.39, 0.29) is 18.1 Å². The molecule has 0 radical (unpaired) electrons. The summed E-state index contributed by atoms with van der Waals surface area (Å²) in [5, 5.41) is 19.6. The predicted octanol–water partition coefficient (Wildman–Crippen LogP) is 3.09. The van der Waals surface area contributed by atoms with E-state index in [2.05, 4.69) is 19.6 Å². The van der Waals surface area contributed by atoms with E-state index in [0.29, 0.717) is 6.42 Å². The van der Waals surface area contributed by atoms with Gasteiger partial charge in [-0.2, -0.15) is 0 Å². The fourth-order valence-corrected chi connectivity index (χ4v) is 3.16. The minimum atomic E-state index is -1.36. The van der Waals surface area contributed by atoms with Crippen molar-refractivity contribution < 1.29 is 14.6 Å². The molecule has 2 N–H and O–H groups in total. The maximum absolute atomic E-state index is 9.94. The van der Waals surface area contributed by atoms with Gasteiger partial charge in [0.1, 0.15) is 0 Å². The molecule has 3 nitrogen and oxygen atoms in total. The molecule has 3 unspecified atom stereocenters. The SMILES string of the molecule is C[Si](C)(C)OCCCCCC(O)CC1C=CCC1O. The molecule has 0 heterocycles. The normalized spacial score (nSPS) is 24.9. The highest BCUT2D eigenvalue weighted by atomic mass is 28.4. The highest BCUT2D eigenvalue weighted by Crippen LogP contribution is 2.24. The van der Waals surface area contributed by atoms with E-state index in [0.717, 1.165) is 38.7 Å². The van der Waals surface area contributed by atoms with Gasteiger partial charge in [-0.1, -0.05) is 25.0 Å². The van der Waals surface area contributed by atoms with Crippen LogP contribution in [0.1, 0.15) is 38.5 Å². The molecule has 0 aromatic carbocycles. The first-order chi connectivity index (χ1) is 8.88. The van der Waals surface area contributed by atoms with Crippen molar-refractivity contribution in [3.63, 3.8) is 0 Å². The Hall–Kier alpha value is -0.163. The molecule has 0 amide bonds. The topological polar surface area (TPSA) is 49.7 Å². The van der Waals surface area contributed by atoms with Crippen LogP contribution in [0.25, 0.3) is 0 Å². The molecule has 1 aliphatic carbocycles. The van der Waals surface area contributed by atoms with Gasteiger partial charge in [0.05, 0.1) is 12.2 Å². The first kappa shape index (κ1) is 16.9. The van der Waals surface area contributed by atoms with Crippen molar-refractivity contribution in [2.24, 2.45) is 5.92 Å². The lowest BCUT2D eigenvalue weighted by atomic mass is 9.96. The van der Waals surface area contributed by atoms with Crippen LogP contribution in [0.15, 0.2) is 12.2 Å². The molecule has 4 heteroatoms. The number of aliphatic hydroxyl groups excluding tert-OH is 2. The van der Waals surface area contributed by atoms with Crippen molar-refractivity contribution in [1.29, 1.82) is 0 Å². The van der Waals surface area contributed by atoms with Crippen LogP contribution in [-0.2, 0) is 4.43 Å². The summed E-state index contributed by atoms with van der Waals surface area (Å²) in [6.45, 7) is 7.47. The lowest BCUT2D eigenvalue weighted by Gasteiger charge is -2.18. The minimum Gasteiger partial charge on any atom is -0.418 e. The van der Waals surface area contributed by atoms with Gasteiger partial charge in [0.2, 0.25) is 0 Å². The van der Waals surface area contributed by atoms with Crippen LogP contribution in [0, 0.1) is 5.92 Å². The first-order valence-electron chi connectivity index (χ1n) is 7.55. The van der Waals surface area contributed by atoms with Gasteiger partial charge in [-0.05, 0) is 45.3 Å². The first-order valence-corrected chi connectivity index (χ1v) is 11.0. The maximum atomic E-state index is 9.94. The Bertz CT molecular complexity index is 273. The Morgan fingerprint density at radius 1 is 1.26 bits per heavy atom. The quantitative estimate of drug-likeness (QED) is 0.389. The Kier molecular flexibility index (Phi) is 7.29. The van der Waals surface area contributed by atoms with Gasteiger partial charge in [-0.25, -0.2) is 0 Å². The second-order valence-corrected chi connectivity index (χ2v) is 11.1. The largest absolute Gasteiger partial charge is 0.418 e. The summed E-state index contributed by atoms with van der Waals surface area (Å²) in [5.74, 6) is 0.158. The highest BCUT2D eigenvalue weighted by Gasteiger charge is 2.22. The molecule has 0 aromatic rings. The summed E-state index contributed by atoms with van der Waals surface area (Å²) in [5.41, 5.74) is 0. The zero-order valence-corrected chi connectivity index (χ0v) is 13.6. The Labute approximate surface area is 118 Å². The van der Waals surface area contributed by atoms with Gasteiger partial charge in [-0.3, -0.25) is 0 Å². The molecule has 1 rings (SSSR count). The van der Waals surface area contributed by atoms with Gasteiger partial charge in [0.25, 0.3) is 0 Å². The van der Waals surface area contributed by atoms with Crippen molar-refractivity contribution >= 4 is 8.32 Å². The van der Waals surface area contributed by atoms with Crippen LogP contribution in [0.2, 0.25) is 19.6 Å². The van der Waals surface area contributed by atoms with Gasteiger partial charge >= 0.3 is 0 Å². The van der Waals surface area contributed by atoms with Crippen molar-refractivity contribution in [2.75, 3.05) is 6.61 Å². The van der Waals surface area contributed by atoms with E-state index in [4.69, 9.17) is 4.43 Å². The second kappa shape index (κ2) is 8.20. The van der Waals surface area contributed by atoms with Crippen LogP contribution >= 0.6 is 0 Å². The van der Waals surface area contributed by atoms with Crippen molar-refractivity contribution in [2.45, 2.75) is 70.4 Å². The third kappa shape index (κ3) is 7.87. The van der Waals surface area contributed by atoms with Crippen molar-refractivity contribution in [3.8, 4) is 0 Å². The highest BCUT2D eigenvalue weighted by molar-refractivity contribution is 6.69. The van der Waals surface area contributed by atoms with E-state index >= 15 is 0 Å². The molecular weight excluding hydrogens is 256 g/mol. The molecule has 0 saturated carbocycles. The number of hydrogen-bond donors (Lipinski definition) is 2. The summed E-state index contributed by atoms with van der Waals surface area (Å²) in [7, 11) is -1.36. The minimum absolute atomic E-state index is 0.158. The molecule has 0 bridgehead atoms. The average Bonchev–Trinajstić information content (AvgIpc) is 2.68. The molecule has 3 atom stereocenters. The average molecular weight is 286 g/mol. The molecule has 0 fully saturated rings. The number of rotatable bonds is 9. The standard InChI is InChI=1S/C15H30O3Si/c1-19(2,3)18-11-6-4-5-9-14(16)12-13-8-7-10-15(13)17/h7-8,13-17H,4-6,9-12H2,1-3H3. The molecular formula is C15H30O3Si. The molecule has 0 saturated heterocycles. The zero-order valence-electron chi connectivity index (χ0n) is 12.6. The summed E-state index contributed by atoms with van der Waals surface area (Å²) in [6, 6.07) is 0. The van der Waals surface area contributed by atoms with E-state index in [1.165, 1.54) is 0 Å². The maximum Gasteiger partial charge on any atom is 0.183 e. The van der Waals surface area contributed by atoms with Crippen LogP contribution in [0.5, 0.6) is 0 Å². The molecule has 1 aliphatic rings. The Morgan fingerprint density at radius 3 is 2.58 bits per heavy atom. The number of hydrogen-bond acceptors (Lipinski definition) is 3. The third-order valence-electron chi connectivity index (χ3n) is 3.52. The van der Waals surface area contributed by atoms with Gasteiger partial charge in [0.15, 0.2) is 8.32 Å². The van der Waals surface area contributed by atoms with E-state index < -0.39 is 8.32 Å². The summed E-state index contributed by atoms with van der Waals surface area (Å²) in [4.78, 5) is 0. The van der Waals surface area contributed by atoms with Crippen LogP contribution < -0.4 is 0 Å².